The van der Waals surface area contributed by atoms with Crippen molar-refractivity contribution in [3.05, 3.63) is 60.3 Å². The second-order valence-electron chi connectivity index (χ2n) is 6.87. The van der Waals surface area contributed by atoms with Gasteiger partial charge in [-0.2, -0.15) is 0 Å². The lowest BCUT2D eigenvalue weighted by molar-refractivity contribution is 0.581. The molecule has 0 amide bonds. The average molecular weight is 418 g/mol. The zero-order chi connectivity index (χ0) is 19.9. The van der Waals surface area contributed by atoms with Crippen molar-refractivity contribution in [2.24, 2.45) is 0 Å². The second-order valence-corrected chi connectivity index (χ2v) is 10.2. The van der Waals surface area contributed by atoms with Crippen molar-refractivity contribution in [1.29, 1.82) is 0 Å². The van der Waals surface area contributed by atoms with Gasteiger partial charge in [0.25, 0.3) is 10.0 Å². The van der Waals surface area contributed by atoms with Gasteiger partial charge >= 0.3 is 0 Å². The number of nitrogens with zero attached hydrogens (tertiary/aromatic N) is 1. The maximum absolute atomic E-state index is 12.9. The molecule has 2 aromatic carbocycles. The normalized spacial score (nSPS) is 14.9. The van der Waals surface area contributed by atoms with Crippen LogP contribution in [0.1, 0.15) is 18.4 Å². The molecule has 1 aliphatic carbocycles. The van der Waals surface area contributed by atoms with Gasteiger partial charge in [0, 0.05) is 17.6 Å². The van der Waals surface area contributed by atoms with E-state index in [1.165, 1.54) is 30.3 Å². The molecular weight excluding hydrogens is 398 g/mol. The molecule has 4 rings (SSSR count). The largest absolute Gasteiger partial charge is 0.280 e. The fourth-order valence-corrected chi connectivity index (χ4v) is 5.47. The Balaban J connectivity index is 1.68. The average Bonchev–Trinajstić information content (AvgIpc) is 3.44. The van der Waals surface area contributed by atoms with Crippen LogP contribution in [0.5, 0.6) is 0 Å². The summed E-state index contributed by atoms with van der Waals surface area (Å²) >= 11 is 0. The van der Waals surface area contributed by atoms with E-state index >= 15 is 0 Å². The van der Waals surface area contributed by atoms with Gasteiger partial charge in [0.1, 0.15) is 4.90 Å². The predicted molar refractivity (Wildman–Crippen MR) is 107 cm³/mol. The maximum atomic E-state index is 12.9. The summed E-state index contributed by atoms with van der Waals surface area (Å²) in [7, 11) is -7.63. The van der Waals surface area contributed by atoms with Crippen LogP contribution in [-0.4, -0.2) is 27.9 Å². The van der Waals surface area contributed by atoms with E-state index in [1.807, 2.05) is 13.0 Å². The molecule has 0 unspecified atom stereocenters. The highest BCUT2D eigenvalue weighted by molar-refractivity contribution is 7.93. The summed E-state index contributed by atoms with van der Waals surface area (Å²) in [6.07, 6.45) is 3.25. The van der Waals surface area contributed by atoms with Crippen molar-refractivity contribution in [2.45, 2.75) is 35.6 Å². The predicted octanol–water partition coefficient (Wildman–Crippen LogP) is 2.78. The Morgan fingerprint density at radius 1 is 0.964 bits per heavy atom. The van der Waals surface area contributed by atoms with Gasteiger partial charge in [-0.15, -0.1) is 0 Å². The Hall–Kier alpha value is -2.49. The van der Waals surface area contributed by atoms with Crippen LogP contribution in [0.3, 0.4) is 0 Å². The topological polar surface area (TPSA) is 105 Å². The van der Waals surface area contributed by atoms with E-state index < -0.39 is 20.0 Å². The Kier molecular flexibility index (Phi) is 4.60. The minimum absolute atomic E-state index is 0.0197. The van der Waals surface area contributed by atoms with Crippen LogP contribution < -0.4 is 9.44 Å². The number of nitrogens with one attached hydrogen (secondary N) is 2. The SMILES string of the molecule is Cc1cnc2c(S(=O)(=O)Nc3cccc(S(=O)(=O)NC4CC4)c3)cccc2c1. The molecule has 2 N–H and O–H groups in total. The number of aryl methyl sites for hydroxylation is 1. The standard InChI is InChI=1S/C19H19N3O4S2/c1-13-10-14-4-2-7-18(19(14)20-12-13)28(25,26)22-16-5-3-6-17(11-16)27(23,24)21-15-8-9-15/h2-7,10-12,15,21-22H,8-9H2,1H3. The highest BCUT2D eigenvalue weighted by atomic mass is 32.2. The number of sulfonamides is 2. The third kappa shape index (κ3) is 3.87. The van der Waals surface area contributed by atoms with Crippen LogP contribution in [-0.2, 0) is 20.0 Å². The molecule has 1 aliphatic rings. The minimum atomic E-state index is -3.95. The molecule has 0 saturated heterocycles. The molecule has 1 saturated carbocycles. The minimum Gasteiger partial charge on any atom is -0.280 e. The van der Waals surface area contributed by atoms with Crippen molar-refractivity contribution in [1.82, 2.24) is 9.71 Å². The Morgan fingerprint density at radius 2 is 1.71 bits per heavy atom. The van der Waals surface area contributed by atoms with Gasteiger partial charge in [-0.3, -0.25) is 9.71 Å². The van der Waals surface area contributed by atoms with Crippen molar-refractivity contribution in [3.8, 4) is 0 Å². The first-order valence-corrected chi connectivity index (χ1v) is 11.7. The summed E-state index contributed by atoms with van der Waals surface area (Å²) in [5, 5.41) is 0.716. The monoisotopic (exact) mass is 417 g/mol. The first-order valence-electron chi connectivity index (χ1n) is 8.75. The molecular formula is C19H19N3O4S2. The molecule has 1 heterocycles. The Morgan fingerprint density at radius 3 is 2.46 bits per heavy atom. The van der Waals surface area contributed by atoms with Gasteiger partial charge in [-0.05, 0) is 55.7 Å². The summed E-state index contributed by atoms with van der Waals surface area (Å²) in [6, 6.07) is 12.5. The third-order valence-corrected chi connectivity index (χ3v) is 7.33. The zero-order valence-corrected chi connectivity index (χ0v) is 16.7. The lowest BCUT2D eigenvalue weighted by atomic mass is 10.2. The Bertz CT molecular complexity index is 1270. The van der Waals surface area contributed by atoms with Gasteiger partial charge in [0.15, 0.2) is 0 Å². The fourth-order valence-electron chi connectivity index (χ4n) is 2.89. The number of fused-ring (bicyclic) bond motifs is 1. The maximum Gasteiger partial charge on any atom is 0.264 e. The number of hydrogen-bond acceptors (Lipinski definition) is 5. The number of pyridine rings is 1. The lowest BCUT2D eigenvalue weighted by Crippen LogP contribution is -2.25. The molecule has 0 atom stereocenters. The Labute approximate surface area is 163 Å². The lowest BCUT2D eigenvalue weighted by Gasteiger charge is -2.12. The van der Waals surface area contributed by atoms with Crippen LogP contribution in [0.2, 0.25) is 0 Å². The zero-order valence-electron chi connectivity index (χ0n) is 15.1. The van der Waals surface area contributed by atoms with Crippen LogP contribution in [0.15, 0.2) is 64.5 Å². The number of aromatic nitrogens is 1. The highest BCUT2D eigenvalue weighted by Gasteiger charge is 2.28. The summed E-state index contributed by atoms with van der Waals surface area (Å²) in [5.74, 6) is 0. The summed E-state index contributed by atoms with van der Waals surface area (Å²) < 4.78 is 55.7. The van der Waals surface area contributed by atoms with E-state index in [1.54, 1.807) is 18.3 Å². The highest BCUT2D eigenvalue weighted by Crippen LogP contribution is 2.26. The van der Waals surface area contributed by atoms with Gasteiger partial charge < -0.3 is 0 Å². The van der Waals surface area contributed by atoms with Crippen LogP contribution in [0, 0.1) is 6.92 Å². The summed E-state index contributed by atoms with van der Waals surface area (Å²) in [5.41, 5.74) is 1.46. The molecule has 0 radical (unpaired) electrons. The second kappa shape index (κ2) is 6.84. The number of rotatable bonds is 6. The molecule has 1 fully saturated rings. The van der Waals surface area contributed by atoms with E-state index in [9.17, 15) is 16.8 Å². The van der Waals surface area contributed by atoms with Gasteiger partial charge in [-0.25, -0.2) is 21.6 Å². The van der Waals surface area contributed by atoms with Crippen molar-refractivity contribution in [2.75, 3.05) is 4.72 Å². The molecule has 1 aromatic heterocycles. The molecule has 0 spiro atoms. The smallest absolute Gasteiger partial charge is 0.264 e. The van der Waals surface area contributed by atoms with E-state index in [2.05, 4.69) is 14.4 Å². The number of hydrogen-bond donors (Lipinski definition) is 2. The van der Waals surface area contributed by atoms with E-state index in [4.69, 9.17) is 0 Å². The van der Waals surface area contributed by atoms with Crippen molar-refractivity contribution in [3.63, 3.8) is 0 Å². The first kappa shape index (κ1) is 18.9. The quantitative estimate of drug-likeness (QED) is 0.642. The summed E-state index contributed by atoms with van der Waals surface area (Å²) in [6.45, 7) is 1.88. The van der Waals surface area contributed by atoms with E-state index in [0.29, 0.717) is 10.9 Å². The number of para-hydroxylation sites is 1. The molecule has 7 nitrogen and oxygen atoms in total. The van der Waals surface area contributed by atoms with Crippen LogP contribution >= 0.6 is 0 Å². The molecule has 0 bridgehead atoms. The van der Waals surface area contributed by atoms with Crippen LogP contribution in [0.25, 0.3) is 10.9 Å². The third-order valence-electron chi connectivity index (χ3n) is 4.40. The van der Waals surface area contributed by atoms with Crippen molar-refractivity contribution >= 4 is 36.6 Å². The number of benzene rings is 2. The molecule has 3 aromatic rings. The number of anilines is 1. The molecule has 146 valence electrons. The van der Waals surface area contributed by atoms with E-state index in [0.717, 1.165) is 18.4 Å². The first-order chi connectivity index (χ1) is 13.2. The summed E-state index contributed by atoms with van der Waals surface area (Å²) in [4.78, 5) is 4.32. The molecule has 28 heavy (non-hydrogen) atoms. The van der Waals surface area contributed by atoms with E-state index in [-0.39, 0.29) is 21.5 Å². The molecule has 0 aliphatic heterocycles. The van der Waals surface area contributed by atoms with Crippen LogP contribution in [0.4, 0.5) is 5.69 Å². The van der Waals surface area contributed by atoms with Gasteiger partial charge in [0.2, 0.25) is 10.0 Å². The van der Waals surface area contributed by atoms with Gasteiger partial charge in [0.05, 0.1) is 16.1 Å². The van der Waals surface area contributed by atoms with Crippen molar-refractivity contribution < 1.29 is 16.8 Å². The molecule has 9 heteroatoms. The fraction of sp³-hybridized carbons (Fsp3) is 0.211. The van der Waals surface area contributed by atoms with Gasteiger partial charge in [-0.1, -0.05) is 18.2 Å².